The summed E-state index contributed by atoms with van der Waals surface area (Å²) in [5, 5.41) is 9.16. The molecular weight excluding hydrogens is 458 g/mol. The number of rotatable bonds is 4. The van der Waals surface area contributed by atoms with Gasteiger partial charge in [-0.05, 0) is 43.3 Å². The molecule has 1 aliphatic heterocycles. The van der Waals surface area contributed by atoms with Crippen molar-refractivity contribution in [3.8, 4) is 0 Å². The van der Waals surface area contributed by atoms with Gasteiger partial charge in [-0.3, -0.25) is 4.79 Å². The second-order valence-corrected chi connectivity index (χ2v) is 9.76. The van der Waals surface area contributed by atoms with Gasteiger partial charge in [-0.15, -0.1) is 12.4 Å². The number of aryl methyl sites for hydroxylation is 1. The third-order valence-electron chi connectivity index (χ3n) is 4.85. The molecule has 0 unspecified atom stereocenters. The topological polar surface area (TPSA) is 118 Å². The number of hydrogen-bond acceptors (Lipinski definition) is 7. The third kappa shape index (κ3) is 5.09. The molecule has 0 atom stereocenters. The Morgan fingerprint density at radius 2 is 1.81 bits per heavy atom. The van der Waals surface area contributed by atoms with Crippen LogP contribution in [0.5, 0.6) is 0 Å². The molecule has 8 nitrogen and oxygen atoms in total. The molecule has 4 rings (SSSR count). The van der Waals surface area contributed by atoms with Gasteiger partial charge in [0.1, 0.15) is 0 Å². The largest absolute Gasteiger partial charge is 0.354 e. The number of anilines is 2. The normalized spacial score (nSPS) is 14.2. The zero-order valence-corrected chi connectivity index (χ0v) is 19.2. The van der Waals surface area contributed by atoms with Crippen molar-refractivity contribution < 1.29 is 13.2 Å². The first-order valence-corrected chi connectivity index (χ1v) is 12.1. The molecule has 1 fully saturated rings. The molecule has 1 aromatic carbocycles. The van der Waals surface area contributed by atoms with E-state index in [0.717, 1.165) is 17.2 Å². The molecule has 164 valence electrons. The summed E-state index contributed by atoms with van der Waals surface area (Å²) in [6.45, 7) is 3.26. The number of amides is 1. The maximum absolute atomic E-state index is 13.2. The predicted octanol–water partition coefficient (Wildman–Crippen LogP) is 2.94. The standard InChI is InChI=1S/C20H21N5O3S2.ClH/c1-13-2-7-16-18(24-14-3-5-15(6-4-14)30(21,27)28)17(12-22-19(16)23-13)20(26)25-8-10-29-11-9-25;/h2-7,12H,8-11H2,1H3,(H2,21,27,28)(H,22,23,24);1H. The molecule has 0 radical (unpaired) electrons. The fourth-order valence-corrected chi connectivity index (χ4v) is 4.70. The Morgan fingerprint density at radius 1 is 1.13 bits per heavy atom. The molecule has 2 aromatic heterocycles. The van der Waals surface area contributed by atoms with Crippen LogP contribution in [0.15, 0.2) is 47.5 Å². The van der Waals surface area contributed by atoms with Crippen molar-refractivity contribution in [3.05, 3.63) is 53.9 Å². The molecule has 3 heterocycles. The van der Waals surface area contributed by atoms with E-state index in [9.17, 15) is 13.2 Å². The SMILES string of the molecule is Cc1ccc2c(Nc3ccc(S(N)(=O)=O)cc3)c(C(=O)N3CCSCC3)cnc2n1.Cl. The number of aromatic nitrogens is 2. The predicted molar refractivity (Wildman–Crippen MR) is 126 cm³/mol. The number of primary sulfonamides is 1. The Morgan fingerprint density at radius 3 is 2.45 bits per heavy atom. The summed E-state index contributed by atoms with van der Waals surface area (Å²) in [5.41, 5.74) is 3.03. The van der Waals surface area contributed by atoms with Crippen LogP contribution in [0.1, 0.15) is 16.1 Å². The first-order chi connectivity index (χ1) is 14.3. The highest BCUT2D eigenvalue weighted by molar-refractivity contribution is 7.99. The van der Waals surface area contributed by atoms with Gasteiger partial charge in [0.05, 0.1) is 16.1 Å². The van der Waals surface area contributed by atoms with Crippen LogP contribution in [0.2, 0.25) is 0 Å². The van der Waals surface area contributed by atoms with Crippen molar-refractivity contribution in [2.45, 2.75) is 11.8 Å². The van der Waals surface area contributed by atoms with E-state index in [-0.39, 0.29) is 23.2 Å². The maximum atomic E-state index is 13.2. The highest BCUT2D eigenvalue weighted by Gasteiger charge is 2.23. The van der Waals surface area contributed by atoms with Crippen molar-refractivity contribution in [3.63, 3.8) is 0 Å². The van der Waals surface area contributed by atoms with E-state index < -0.39 is 10.0 Å². The molecule has 11 heteroatoms. The minimum atomic E-state index is -3.78. The summed E-state index contributed by atoms with van der Waals surface area (Å²) in [4.78, 5) is 23.9. The number of benzene rings is 1. The Balaban J connectivity index is 0.00000272. The van der Waals surface area contributed by atoms with E-state index in [1.54, 1.807) is 18.3 Å². The number of nitrogens with one attached hydrogen (secondary N) is 1. The Kier molecular flexibility index (Phi) is 7.05. The monoisotopic (exact) mass is 479 g/mol. The van der Waals surface area contributed by atoms with E-state index in [2.05, 4.69) is 15.3 Å². The molecule has 1 aliphatic rings. The Labute approximate surface area is 191 Å². The lowest BCUT2D eigenvalue weighted by molar-refractivity contribution is 0.0773. The molecule has 0 spiro atoms. The summed E-state index contributed by atoms with van der Waals surface area (Å²) < 4.78 is 23.0. The summed E-state index contributed by atoms with van der Waals surface area (Å²) in [6, 6.07) is 9.82. The number of nitrogens with zero attached hydrogens (tertiary/aromatic N) is 3. The van der Waals surface area contributed by atoms with Crippen molar-refractivity contribution in [2.24, 2.45) is 5.14 Å². The molecule has 3 aromatic rings. The van der Waals surface area contributed by atoms with Crippen LogP contribution in [0.25, 0.3) is 11.0 Å². The third-order valence-corrected chi connectivity index (χ3v) is 6.72. The van der Waals surface area contributed by atoms with Gasteiger partial charge in [0.2, 0.25) is 10.0 Å². The van der Waals surface area contributed by atoms with Crippen molar-refractivity contribution in [1.82, 2.24) is 14.9 Å². The number of halogens is 1. The molecule has 0 bridgehead atoms. The van der Waals surface area contributed by atoms with Crippen LogP contribution < -0.4 is 10.5 Å². The number of sulfonamides is 1. The fourth-order valence-electron chi connectivity index (χ4n) is 3.28. The maximum Gasteiger partial charge on any atom is 0.257 e. The number of carbonyl (C=O) groups is 1. The number of thioether (sulfide) groups is 1. The number of pyridine rings is 2. The number of carbonyl (C=O) groups excluding carboxylic acids is 1. The van der Waals surface area contributed by atoms with Crippen LogP contribution in [0.3, 0.4) is 0 Å². The highest BCUT2D eigenvalue weighted by Crippen LogP contribution is 2.30. The Bertz CT molecular complexity index is 1210. The molecule has 31 heavy (non-hydrogen) atoms. The van der Waals surface area contributed by atoms with Crippen LogP contribution in [-0.2, 0) is 10.0 Å². The molecule has 0 saturated carbocycles. The molecule has 0 aliphatic carbocycles. The van der Waals surface area contributed by atoms with E-state index in [1.807, 2.05) is 35.7 Å². The number of hydrogen-bond donors (Lipinski definition) is 2. The summed E-state index contributed by atoms with van der Waals surface area (Å²) >= 11 is 1.83. The van der Waals surface area contributed by atoms with Crippen LogP contribution in [0.4, 0.5) is 11.4 Å². The molecule has 3 N–H and O–H groups in total. The van der Waals surface area contributed by atoms with Gasteiger partial charge in [0, 0.05) is 47.6 Å². The number of nitrogens with two attached hydrogens (primary N) is 1. The van der Waals surface area contributed by atoms with E-state index >= 15 is 0 Å². The van der Waals surface area contributed by atoms with Gasteiger partial charge in [-0.1, -0.05) is 0 Å². The lowest BCUT2D eigenvalue weighted by Gasteiger charge is -2.27. The molecule has 1 saturated heterocycles. The Hall–Kier alpha value is -2.40. The van der Waals surface area contributed by atoms with Gasteiger partial charge < -0.3 is 10.2 Å². The average Bonchev–Trinajstić information content (AvgIpc) is 2.73. The second kappa shape index (κ2) is 9.39. The molecular formula is C20H22ClN5O3S2. The minimum Gasteiger partial charge on any atom is -0.354 e. The summed E-state index contributed by atoms with van der Waals surface area (Å²) in [7, 11) is -3.78. The number of fused-ring (bicyclic) bond motifs is 1. The average molecular weight is 480 g/mol. The van der Waals surface area contributed by atoms with Gasteiger partial charge >= 0.3 is 0 Å². The van der Waals surface area contributed by atoms with Gasteiger partial charge in [-0.25, -0.2) is 23.5 Å². The van der Waals surface area contributed by atoms with Gasteiger partial charge in [0.25, 0.3) is 5.91 Å². The smallest absolute Gasteiger partial charge is 0.257 e. The van der Waals surface area contributed by atoms with E-state index in [4.69, 9.17) is 5.14 Å². The van der Waals surface area contributed by atoms with Crippen LogP contribution in [0, 0.1) is 6.92 Å². The van der Waals surface area contributed by atoms with Crippen molar-refractivity contribution in [2.75, 3.05) is 29.9 Å². The van der Waals surface area contributed by atoms with Crippen molar-refractivity contribution in [1.29, 1.82) is 0 Å². The quantitative estimate of drug-likeness (QED) is 0.590. The van der Waals surface area contributed by atoms with E-state index in [1.165, 1.54) is 12.1 Å². The minimum absolute atomic E-state index is 0. The van der Waals surface area contributed by atoms with Crippen LogP contribution >= 0.6 is 24.2 Å². The summed E-state index contributed by atoms with van der Waals surface area (Å²) in [6.07, 6.45) is 1.56. The first-order valence-electron chi connectivity index (χ1n) is 9.36. The lowest BCUT2D eigenvalue weighted by atomic mass is 10.1. The highest BCUT2D eigenvalue weighted by atomic mass is 35.5. The van der Waals surface area contributed by atoms with Gasteiger partial charge in [-0.2, -0.15) is 11.8 Å². The van der Waals surface area contributed by atoms with Crippen LogP contribution in [-0.4, -0.2) is 53.8 Å². The molecule has 1 amide bonds. The van der Waals surface area contributed by atoms with Crippen molar-refractivity contribution >= 4 is 62.5 Å². The lowest BCUT2D eigenvalue weighted by Crippen LogP contribution is -2.38. The van der Waals surface area contributed by atoms with E-state index in [0.29, 0.717) is 41.1 Å². The zero-order valence-electron chi connectivity index (χ0n) is 16.7. The fraction of sp³-hybridized carbons (Fsp3) is 0.250. The second-order valence-electron chi connectivity index (χ2n) is 6.97. The first kappa shape index (κ1) is 23.3. The van der Waals surface area contributed by atoms with Gasteiger partial charge in [0.15, 0.2) is 5.65 Å². The zero-order chi connectivity index (χ0) is 21.3. The summed E-state index contributed by atoms with van der Waals surface area (Å²) in [5.74, 6) is 1.73.